The average Bonchev–Trinajstić information content (AvgIpc) is 3.20. The quantitative estimate of drug-likeness (QED) is 0.375. The minimum atomic E-state index is -0.920. The van der Waals surface area contributed by atoms with Gasteiger partial charge < -0.3 is 14.5 Å². The van der Waals surface area contributed by atoms with Gasteiger partial charge in [-0.15, -0.1) is 0 Å². The number of amides is 2. The van der Waals surface area contributed by atoms with Crippen molar-refractivity contribution in [3.63, 3.8) is 0 Å². The van der Waals surface area contributed by atoms with Crippen molar-refractivity contribution < 1.29 is 19.2 Å². The number of carbonyl (C=O) groups is 2. The summed E-state index contributed by atoms with van der Waals surface area (Å²) in [5.74, 6) is -1.73. The molecule has 150 valence electrons. The van der Waals surface area contributed by atoms with Crippen molar-refractivity contribution >= 4 is 29.2 Å². The number of nitrogens with one attached hydrogen (secondary N) is 1. The van der Waals surface area contributed by atoms with Crippen molar-refractivity contribution in [2.75, 3.05) is 17.3 Å². The van der Waals surface area contributed by atoms with Gasteiger partial charge >= 0.3 is 0 Å². The van der Waals surface area contributed by atoms with Gasteiger partial charge in [-0.3, -0.25) is 14.9 Å². The first kappa shape index (κ1) is 20.2. The Kier molecular flexibility index (Phi) is 5.84. The Morgan fingerprint density at radius 2 is 1.83 bits per heavy atom. The Labute approximate surface area is 171 Å². The lowest BCUT2D eigenvalue weighted by molar-refractivity contribution is -0.112. The van der Waals surface area contributed by atoms with E-state index in [4.69, 9.17) is 4.52 Å². The van der Waals surface area contributed by atoms with E-state index in [1.165, 1.54) is 30.4 Å². The number of benzene rings is 1. The molecule has 0 saturated heterocycles. The fourth-order valence-electron chi connectivity index (χ4n) is 2.50. The Morgan fingerprint density at radius 1 is 1.17 bits per heavy atom. The third-order valence-corrected chi connectivity index (χ3v) is 4.15. The van der Waals surface area contributed by atoms with Gasteiger partial charge in [0.15, 0.2) is 11.3 Å². The second kappa shape index (κ2) is 8.66. The van der Waals surface area contributed by atoms with Crippen LogP contribution in [0.2, 0.25) is 0 Å². The maximum Gasteiger partial charge on any atom is 0.272 e. The predicted octanol–water partition coefficient (Wildman–Crippen LogP) is 2.48. The molecule has 0 atom stereocenters. The number of hydrogen-bond donors (Lipinski definition) is 2. The zero-order valence-corrected chi connectivity index (χ0v) is 16.0. The highest BCUT2D eigenvalue weighted by molar-refractivity contribution is 6.10. The van der Waals surface area contributed by atoms with Gasteiger partial charge in [0.05, 0.1) is 17.3 Å². The first-order chi connectivity index (χ1) is 14.4. The molecular formula is C20H16N6O4. The van der Waals surface area contributed by atoms with Crippen LogP contribution in [0.15, 0.2) is 59.0 Å². The summed E-state index contributed by atoms with van der Waals surface area (Å²) in [6.07, 6.45) is 3.70. The lowest BCUT2D eigenvalue weighted by Gasteiger charge is -2.16. The summed E-state index contributed by atoms with van der Waals surface area (Å²) < 4.78 is 4.82. The number of carbonyl (C=O) groups excluding carboxylic acids is 2. The van der Waals surface area contributed by atoms with E-state index in [9.17, 15) is 20.0 Å². The number of rotatable bonds is 5. The normalized spacial score (nSPS) is 11.2. The van der Waals surface area contributed by atoms with Crippen LogP contribution in [0.1, 0.15) is 21.7 Å². The zero-order chi connectivity index (χ0) is 21.7. The molecule has 0 spiro atoms. The van der Waals surface area contributed by atoms with E-state index in [1.807, 2.05) is 18.2 Å². The Bertz CT molecular complexity index is 1150. The molecule has 2 aromatic heterocycles. The molecule has 2 amide bonds. The monoisotopic (exact) mass is 404 g/mol. The van der Waals surface area contributed by atoms with Crippen molar-refractivity contribution in [1.29, 1.82) is 5.26 Å². The lowest BCUT2D eigenvalue weighted by atomic mass is 10.1. The summed E-state index contributed by atoms with van der Waals surface area (Å²) in [4.78, 5) is 34.2. The van der Waals surface area contributed by atoms with Crippen LogP contribution in [-0.4, -0.2) is 39.1 Å². The number of aromatic nitrogens is 3. The summed E-state index contributed by atoms with van der Waals surface area (Å²) in [6, 6.07) is 10.7. The van der Waals surface area contributed by atoms with E-state index in [0.29, 0.717) is 5.69 Å². The van der Waals surface area contributed by atoms with E-state index in [1.54, 1.807) is 25.2 Å². The van der Waals surface area contributed by atoms with Crippen molar-refractivity contribution in [2.24, 2.45) is 0 Å². The number of para-hydroxylation sites is 1. The fraction of sp³-hybridized carbons (Fsp3) is 0.100. The third kappa shape index (κ3) is 4.15. The molecule has 3 aromatic rings. The largest absolute Gasteiger partial charge is 0.506 e. The maximum absolute atomic E-state index is 12.5. The molecule has 0 radical (unpaired) electrons. The van der Waals surface area contributed by atoms with Crippen LogP contribution in [-0.2, 0) is 4.79 Å². The minimum absolute atomic E-state index is 0.118. The lowest BCUT2D eigenvalue weighted by Crippen LogP contribution is -2.26. The van der Waals surface area contributed by atoms with Gasteiger partial charge in [0, 0.05) is 25.1 Å². The first-order valence-electron chi connectivity index (χ1n) is 8.64. The molecule has 10 nitrogen and oxygen atoms in total. The highest BCUT2D eigenvalue weighted by Gasteiger charge is 2.21. The van der Waals surface area contributed by atoms with Crippen molar-refractivity contribution in [3.8, 4) is 6.07 Å². The molecule has 30 heavy (non-hydrogen) atoms. The summed E-state index contributed by atoms with van der Waals surface area (Å²) >= 11 is 0. The number of hydrogen-bond acceptors (Lipinski definition) is 8. The minimum Gasteiger partial charge on any atom is -0.506 e. The van der Waals surface area contributed by atoms with Crippen LogP contribution in [0.25, 0.3) is 5.76 Å². The maximum atomic E-state index is 12.5. The molecule has 2 heterocycles. The Hall–Kier alpha value is -4.52. The Balaban J connectivity index is 1.75. The van der Waals surface area contributed by atoms with E-state index < -0.39 is 17.2 Å². The summed E-state index contributed by atoms with van der Waals surface area (Å²) in [5, 5.41) is 25.2. The van der Waals surface area contributed by atoms with Gasteiger partial charge in [0.2, 0.25) is 5.95 Å². The molecule has 0 saturated carbocycles. The van der Waals surface area contributed by atoms with Gasteiger partial charge in [-0.05, 0) is 19.1 Å². The summed E-state index contributed by atoms with van der Waals surface area (Å²) in [7, 11) is 1.62. The molecule has 2 N–H and O–H groups in total. The van der Waals surface area contributed by atoms with Gasteiger partial charge in [-0.2, -0.15) is 5.26 Å². The second-order valence-corrected chi connectivity index (χ2v) is 6.08. The number of nitriles is 1. The van der Waals surface area contributed by atoms with Crippen LogP contribution < -0.4 is 10.2 Å². The standard InChI is InChI=1S/C20H16N6O4/c1-12-16(11-24-30-12)17(27)15(8-21)18(28)25-20-22-9-13(10-23-20)19(29)26(2)14-6-4-3-5-7-14/h3-7,9-11,27H,1-2H3,(H,22,23,25,28)/b17-15-. The van der Waals surface area contributed by atoms with E-state index in [0.717, 1.165) is 0 Å². The first-order valence-corrected chi connectivity index (χ1v) is 8.64. The molecule has 0 bridgehead atoms. The summed E-state index contributed by atoms with van der Waals surface area (Å²) in [6.45, 7) is 1.52. The van der Waals surface area contributed by atoms with Crippen molar-refractivity contribution in [1.82, 2.24) is 15.1 Å². The van der Waals surface area contributed by atoms with Crippen LogP contribution in [0.3, 0.4) is 0 Å². The average molecular weight is 404 g/mol. The molecule has 10 heteroatoms. The summed E-state index contributed by atoms with van der Waals surface area (Å²) in [5.41, 5.74) is 0.461. The molecule has 1 aromatic carbocycles. The van der Waals surface area contributed by atoms with E-state index >= 15 is 0 Å². The fourth-order valence-corrected chi connectivity index (χ4v) is 2.50. The van der Waals surface area contributed by atoms with Gasteiger partial charge in [0.25, 0.3) is 11.8 Å². The number of anilines is 2. The number of nitrogens with zero attached hydrogens (tertiary/aromatic N) is 5. The zero-order valence-electron chi connectivity index (χ0n) is 16.0. The Morgan fingerprint density at radius 3 is 2.40 bits per heavy atom. The number of aliphatic hydroxyl groups is 1. The van der Waals surface area contributed by atoms with Crippen LogP contribution in [0.4, 0.5) is 11.6 Å². The van der Waals surface area contributed by atoms with Gasteiger partial charge in [-0.1, -0.05) is 23.4 Å². The second-order valence-electron chi connectivity index (χ2n) is 6.08. The van der Waals surface area contributed by atoms with Crippen molar-refractivity contribution in [2.45, 2.75) is 6.92 Å². The highest BCUT2D eigenvalue weighted by Crippen LogP contribution is 2.20. The third-order valence-electron chi connectivity index (χ3n) is 4.15. The molecule has 0 unspecified atom stereocenters. The molecule has 3 rings (SSSR count). The molecule has 0 aliphatic heterocycles. The topological polar surface area (TPSA) is 145 Å². The van der Waals surface area contributed by atoms with E-state index in [-0.39, 0.29) is 28.7 Å². The molecular weight excluding hydrogens is 388 g/mol. The number of aliphatic hydroxyl groups excluding tert-OH is 1. The van der Waals surface area contributed by atoms with Crippen LogP contribution >= 0.6 is 0 Å². The van der Waals surface area contributed by atoms with Gasteiger partial charge in [-0.25, -0.2) is 9.97 Å². The highest BCUT2D eigenvalue weighted by atomic mass is 16.5. The SMILES string of the molecule is Cc1oncc1/C(O)=C(\C#N)C(=O)Nc1ncc(C(=O)N(C)c2ccccc2)cn1. The van der Waals surface area contributed by atoms with Crippen molar-refractivity contribution in [3.05, 3.63) is 71.4 Å². The molecule has 0 fully saturated rings. The van der Waals surface area contributed by atoms with Crippen LogP contribution in [0.5, 0.6) is 0 Å². The van der Waals surface area contributed by atoms with Crippen LogP contribution in [0, 0.1) is 18.3 Å². The molecule has 0 aliphatic rings. The molecule has 0 aliphatic carbocycles. The van der Waals surface area contributed by atoms with E-state index in [2.05, 4.69) is 20.4 Å². The smallest absolute Gasteiger partial charge is 0.272 e. The van der Waals surface area contributed by atoms with Gasteiger partial charge in [0.1, 0.15) is 11.8 Å². The predicted molar refractivity (Wildman–Crippen MR) is 106 cm³/mol. The number of aryl methyl sites for hydroxylation is 1.